The second-order valence-electron chi connectivity index (χ2n) is 4.71. The van der Waals surface area contributed by atoms with Gasteiger partial charge in [-0.3, -0.25) is 4.79 Å². The Balaban J connectivity index is 2.03. The van der Waals surface area contributed by atoms with E-state index in [1.54, 1.807) is 18.9 Å². The number of ether oxygens (including phenoxy) is 1. The molecule has 104 valence electrons. The number of Topliss-reactive ketones (excluding diaryl/α,β-unsaturated/α-hetero) is 1. The molecule has 0 aromatic heterocycles. The first-order chi connectivity index (χ1) is 9.60. The molecule has 3 heteroatoms. The van der Waals surface area contributed by atoms with Crippen LogP contribution >= 0.6 is 11.8 Å². The number of aryl methyl sites for hydroxylation is 2. The maximum Gasteiger partial charge on any atom is 0.173 e. The van der Waals surface area contributed by atoms with Gasteiger partial charge in [0.15, 0.2) is 5.78 Å². The van der Waals surface area contributed by atoms with Gasteiger partial charge in [0.2, 0.25) is 0 Å². The number of hydrogen-bond donors (Lipinski definition) is 0. The highest BCUT2D eigenvalue weighted by atomic mass is 32.2. The highest BCUT2D eigenvalue weighted by Crippen LogP contribution is 2.22. The Hall–Kier alpha value is -1.74. The van der Waals surface area contributed by atoms with E-state index in [4.69, 9.17) is 4.74 Å². The van der Waals surface area contributed by atoms with Gasteiger partial charge in [0.1, 0.15) is 5.75 Å². The third-order valence-electron chi connectivity index (χ3n) is 3.12. The average Bonchev–Trinajstić information content (AvgIpc) is 2.46. The van der Waals surface area contributed by atoms with Crippen LogP contribution in [0, 0.1) is 13.8 Å². The van der Waals surface area contributed by atoms with Crippen molar-refractivity contribution in [3.8, 4) is 5.75 Å². The molecule has 2 nitrogen and oxygen atoms in total. The fourth-order valence-electron chi connectivity index (χ4n) is 1.94. The minimum absolute atomic E-state index is 0.149. The van der Waals surface area contributed by atoms with Crippen LogP contribution in [0.1, 0.15) is 21.5 Å². The van der Waals surface area contributed by atoms with Crippen LogP contribution in [0.25, 0.3) is 0 Å². The first-order valence-corrected chi connectivity index (χ1v) is 7.46. The zero-order valence-corrected chi connectivity index (χ0v) is 12.8. The molecule has 0 saturated carbocycles. The van der Waals surface area contributed by atoms with E-state index in [1.807, 2.05) is 37.3 Å². The van der Waals surface area contributed by atoms with E-state index in [9.17, 15) is 4.79 Å². The SMILES string of the molecule is COc1ccc(C(=O)CSc2ccc(C)cc2)c(C)c1. The van der Waals surface area contributed by atoms with Crippen molar-refractivity contribution in [3.63, 3.8) is 0 Å². The summed E-state index contributed by atoms with van der Waals surface area (Å²) in [6, 6.07) is 13.8. The molecule has 2 aromatic rings. The highest BCUT2D eigenvalue weighted by molar-refractivity contribution is 8.00. The Morgan fingerprint density at radius 1 is 1.10 bits per heavy atom. The lowest BCUT2D eigenvalue weighted by atomic mass is 10.1. The smallest absolute Gasteiger partial charge is 0.173 e. The van der Waals surface area contributed by atoms with Crippen molar-refractivity contribution in [2.24, 2.45) is 0 Å². The monoisotopic (exact) mass is 286 g/mol. The summed E-state index contributed by atoms with van der Waals surface area (Å²) in [6.45, 7) is 3.99. The molecule has 0 fully saturated rings. The topological polar surface area (TPSA) is 26.3 Å². The van der Waals surface area contributed by atoms with Crippen LogP contribution in [0.2, 0.25) is 0 Å². The minimum Gasteiger partial charge on any atom is -0.497 e. The number of hydrogen-bond acceptors (Lipinski definition) is 3. The minimum atomic E-state index is 0.149. The quantitative estimate of drug-likeness (QED) is 0.606. The molecule has 2 aromatic carbocycles. The van der Waals surface area contributed by atoms with E-state index in [-0.39, 0.29) is 5.78 Å². The molecule has 0 radical (unpaired) electrons. The van der Waals surface area contributed by atoms with E-state index in [1.165, 1.54) is 5.56 Å². The summed E-state index contributed by atoms with van der Waals surface area (Å²) in [6.07, 6.45) is 0. The number of methoxy groups -OCH3 is 1. The van der Waals surface area contributed by atoms with E-state index in [2.05, 4.69) is 19.1 Å². The van der Waals surface area contributed by atoms with Crippen molar-refractivity contribution in [2.75, 3.05) is 12.9 Å². The lowest BCUT2D eigenvalue weighted by molar-refractivity contribution is 0.102. The van der Waals surface area contributed by atoms with Crippen LogP contribution in [0.3, 0.4) is 0 Å². The standard InChI is InChI=1S/C17H18O2S/c1-12-4-7-15(8-5-12)20-11-17(18)16-9-6-14(19-3)10-13(16)2/h4-10H,11H2,1-3H3. The van der Waals surface area contributed by atoms with Gasteiger partial charge >= 0.3 is 0 Å². The third kappa shape index (κ3) is 3.64. The molecule has 0 atom stereocenters. The maximum absolute atomic E-state index is 12.2. The lowest BCUT2D eigenvalue weighted by Gasteiger charge is -2.07. The first-order valence-electron chi connectivity index (χ1n) is 6.47. The van der Waals surface area contributed by atoms with Crippen LogP contribution in [0.5, 0.6) is 5.75 Å². The summed E-state index contributed by atoms with van der Waals surface area (Å²) in [5.41, 5.74) is 2.95. The van der Waals surface area contributed by atoms with Crippen LogP contribution in [0.4, 0.5) is 0 Å². The van der Waals surface area contributed by atoms with Crippen molar-refractivity contribution < 1.29 is 9.53 Å². The maximum atomic E-state index is 12.2. The lowest BCUT2D eigenvalue weighted by Crippen LogP contribution is -2.04. The first kappa shape index (κ1) is 14.7. The summed E-state index contributed by atoms with van der Waals surface area (Å²) in [7, 11) is 1.63. The second-order valence-corrected chi connectivity index (χ2v) is 5.75. The third-order valence-corrected chi connectivity index (χ3v) is 4.14. The molecule has 0 heterocycles. The molecule has 0 aliphatic heterocycles. The number of benzene rings is 2. The number of ketones is 1. The highest BCUT2D eigenvalue weighted by Gasteiger charge is 2.10. The molecule has 0 amide bonds. The van der Waals surface area contributed by atoms with Crippen molar-refractivity contribution in [2.45, 2.75) is 18.7 Å². The fourth-order valence-corrected chi connectivity index (χ4v) is 2.72. The molecule has 2 rings (SSSR count). The van der Waals surface area contributed by atoms with Gasteiger partial charge in [-0.1, -0.05) is 17.7 Å². The molecule has 0 spiro atoms. The van der Waals surface area contributed by atoms with E-state index in [0.717, 1.165) is 21.8 Å². The molecule has 0 saturated heterocycles. The summed E-state index contributed by atoms with van der Waals surface area (Å²) in [5.74, 6) is 1.39. The summed E-state index contributed by atoms with van der Waals surface area (Å²) < 4.78 is 5.15. The normalized spacial score (nSPS) is 10.3. The Kier molecular flexibility index (Phi) is 4.85. The van der Waals surface area contributed by atoms with Gasteiger partial charge in [-0.05, 0) is 49.7 Å². The van der Waals surface area contributed by atoms with Crippen LogP contribution in [-0.2, 0) is 0 Å². The van der Waals surface area contributed by atoms with Gasteiger partial charge in [-0.15, -0.1) is 11.8 Å². The summed E-state index contributed by atoms with van der Waals surface area (Å²) in [4.78, 5) is 13.4. The average molecular weight is 286 g/mol. The molecule has 0 aliphatic carbocycles. The predicted octanol–water partition coefficient (Wildman–Crippen LogP) is 4.29. The van der Waals surface area contributed by atoms with Crippen LogP contribution in [-0.4, -0.2) is 18.6 Å². The Labute approximate surface area is 124 Å². The van der Waals surface area contributed by atoms with E-state index >= 15 is 0 Å². The number of rotatable bonds is 5. The molecular weight excluding hydrogens is 268 g/mol. The van der Waals surface area contributed by atoms with Gasteiger partial charge in [0.05, 0.1) is 12.9 Å². The van der Waals surface area contributed by atoms with Crippen LogP contribution < -0.4 is 4.74 Å². The summed E-state index contributed by atoms with van der Waals surface area (Å²) >= 11 is 1.57. The number of thioether (sulfide) groups is 1. The largest absolute Gasteiger partial charge is 0.497 e. The van der Waals surface area contributed by atoms with Crippen LogP contribution in [0.15, 0.2) is 47.4 Å². The Bertz CT molecular complexity index is 603. The van der Waals surface area contributed by atoms with Gasteiger partial charge in [-0.25, -0.2) is 0 Å². The molecule has 0 N–H and O–H groups in total. The molecule has 0 unspecified atom stereocenters. The number of carbonyl (C=O) groups is 1. The van der Waals surface area contributed by atoms with Gasteiger partial charge in [0, 0.05) is 10.5 Å². The van der Waals surface area contributed by atoms with Gasteiger partial charge < -0.3 is 4.74 Å². The predicted molar refractivity (Wildman–Crippen MR) is 84.0 cm³/mol. The van der Waals surface area contributed by atoms with Crippen molar-refractivity contribution in [3.05, 3.63) is 59.2 Å². The van der Waals surface area contributed by atoms with Crippen molar-refractivity contribution in [1.82, 2.24) is 0 Å². The zero-order chi connectivity index (χ0) is 14.5. The second kappa shape index (κ2) is 6.62. The van der Waals surface area contributed by atoms with Gasteiger partial charge in [0.25, 0.3) is 0 Å². The fraction of sp³-hybridized carbons (Fsp3) is 0.235. The molecule has 20 heavy (non-hydrogen) atoms. The van der Waals surface area contributed by atoms with E-state index in [0.29, 0.717) is 5.75 Å². The molecule has 0 bridgehead atoms. The zero-order valence-electron chi connectivity index (χ0n) is 12.0. The number of carbonyl (C=O) groups excluding carboxylic acids is 1. The summed E-state index contributed by atoms with van der Waals surface area (Å²) in [5, 5.41) is 0. The van der Waals surface area contributed by atoms with Crippen molar-refractivity contribution in [1.29, 1.82) is 0 Å². The van der Waals surface area contributed by atoms with Crippen molar-refractivity contribution >= 4 is 17.5 Å². The Morgan fingerprint density at radius 2 is 1.80 bits per heavy atom. The molecular formula is C17H18O2S. The molecule has 0 aliphatic rings. The van der Waals surface area contributed by atoms with Gasteiger partial charge in [-0.2, -0.15) is 0 Å². The van der Waals surface area contributed by atoms with E-state index < -0.39 is 0 Å². The Morgan fingerprint density at radius 3 is 2.40 bits per heavy atom.